The second-order valence-corrected chi connectivity index (χ2v) is 4.43. The fourth-order valence-corrected chi connectivity index (χ4v) is 1.93. The predicted molar refractivity (Wildman–Crippen MR) is 59.0 cm³/mol. The number of likely N-dealkylation sites (tertiary alicyclic amines) is 1. The van der Waals surface area contributed by atoms with E-state index in [1.807, 2.05) is 0 Å². The van der Waals surface area contributed by atoms with Gasteiger partial charge in [0.05, 0.1) is 17.8 Å². The Bertz CT molecular complexity index is 482. The van der Waals surface area contributed by atoms with E-state index in [1.165, 1.54) is 6.92 Å². The molecule has 1 aliphatic rings. The molecule has 2 rings (SSSR count). The zero-order valence-corrected chi connectivity index (χ0v) is 9.73. The summed E-state index contributed by atoms with van der Waals surface area (Å²) in [6.07, 6.45) is -2.06. The molecule has 18 heavy (non-hydrogen) atoms. The van der Waals surface area contributed by atoms with Crippen LogP contribution in [0.1, 0.15) is 15.9 Å². The first-order valence-corrected chi connectivity index (χ1v) is 5.51. The average Bonchev–Trinajstić information content (AvgIpc) is 2.63. The molecule has 0 bridgehead atoms. The SMILES string of the molecule is Cc1cc(C(=O)N2CC(O)C(O)C2)c(F)cc1F. The number of hydrogen-bond acceptors (Lipinski definition) is 3. The van der Waals surface area contributed by atoms with Crippen molar-refractivity contribution in [3.8, 4) is 0 Å². The van der Waals surface area contributed by atoms with Crippen LogP contribution in [0.4, 0.5) is 8.78 Å². The molecule has 1 aliphatic heterocycles. The third kappa shape index (κ3) is 2.21. The summed E-state index contributed by atoms with van der Waals surface area (Å²) in [5.74, 6) is -2.32. The molecule has 0 aromatic heterocycles. The van der Waals surface area contributed by atoms with Gasteiger partial charge in [0.25, 0.3) is 5.91 Å². The lowest BCUT2D eigenvalue weighted by Crippen LogP contribution is -2.30. The molecule has 2 unspecified atom stereocenters. The second kappa shape index (κ2) is 4.62. The van der Waals surface area contributed by atoms with E-state index in [0.29, 0.717) is 6.07 Å². The van der Waals surface area contributed by atoms with Crippen molar-refractivity contribution < 1.29 is 23.8 Å². The van der Waals surface area contributed by atoms with Gasteiger partial charge in [0.2, 0.25) is 0 Å². The first-order valence-electron chi connectivity index (χ1n) is 5.51. The lowest BCUT2D eigenvalue weighted by molar-refractivity contribution is 0.0572. The van der Waals surface area contributed by atoms with Crippen molar-refractivity contribution >= 4 is 5.91 Å². The van der Waals surface area contributed by atoms with Gasteiger partial charge in [-0.2, -0.15) is 0 Å². The topological polar surface area (TPSA) is 60.8 Å². The van der Waals surface area contributed by atoms with Gasteiger partial charge in [-0.25, -0.2) is 8.78 Å². The van der Waals surface area contributed by atoms with Crippen LogP contribution in [0.2, 0.25) is 0 Å². The molecular formula is C12H13F2NO3. The van der Waals surface area contributed by atoms with E-state index in [0.717, 1.165) is 11.0 Å². The minimum absolute atomic E-state index is 0.0597. The van der Waals surface area contributed by atoms with Gasteiger partial charge in [0.15, 0.2) is 0 Å². The van der Waals surface area contributed by atoms with Crippen molar-refractivity contribution in [3.63, 3.8) is 0 Å². The van der Waals surface area contributed by atoms with Gasteiger partial charge in [0, 0.05) is 19.2 Å². The molecule has 1 aromatic carbocycles. The van der Waals surface area contributed by atoms with E-state index >= 15 is 0 Å². The molecule has 2 N–H and O–H groups in total. The van der Waals surface area contributed by atoms with Gasteiger partial charge < -0.3 is 15.1 Å². The molecular weight excluding hydrogens is 244 g/mol. The monoisotopic (exact) mass is 257 g/mol. The Morgan fingerprint density at radius 1 is 1.22 bits per heavy atom. The minimum Gasteiger partial charge on any atom is -0.388 e. The molecule has 1 saturated heterocycles. The number of amides is 1. The van der Waals surface area contributed by atoms with Crippen LogP contribution in [0.3, 0.4) is 0 Å². The molecule has 2 atom stereocenters. The van der Waals surface area contributed by atoms with E-state index in [-0.39, 0.29) is 24.2 Å². The Labute approximate surface area is 102 Å². The smallest absolute Gasteiger partial charge is 0.257 e. The van der Waals surface area contributed by atoms with Crippen LogP contribution in [0, 0.1) is 18.6 Å². The van der Waals surface area contributed by atoms with E-state index in [1.54, 1.807) is 0 Å². The Morgan fingerprint density at radius 2 is 1.78 bits per heavy atom. The molecule has 1 amide bonds. The van der Waals surface area contributed by atoms with Crippen LogP contribution in [0.15, 0.2) is 12.1 Å². The van der Waals surface area contributed by atoms with E-state index in [2.05, 4.69) is 0 Å². The number of hydrogen-bond donors (Lipinski definition) is 2. The van der Waals surface area contributed by atoms with Crippen LogP contribution in [-0.4, -0.2) is 46.3 Å². The van der Waals surface area contributed by atoms with Crippen LogP contribution in [-0.2, 0) is 0 Å². The highest BCUT2D eigenvalue weighted by Gasteiger charge is 2.34. The lowest BCUT2D eigenvalue weighted by atomic mass is 10.1. The Morgan fingerprint density at radius 3 is 2.33 bits per heavy atom. The molecule has 6 heteroatoms. The fourth-order valence-electron chi connectivity index (χ4n) is 1.93. The molecule has 1 fully saturated rings. The summed E-state index contributed by atoms with van der Waals surface area (Å²) in [5, 5.41) is 18.7. The van der Waals surface area contributed by atoms with Crippen LogP contribution in [0.5, 0.6) is 0 Å². The van der Waals surface area contributed by atoms with Crippen LogP contribution < -0.4 is 0 Å². The maximum atomic E-state index is 13.5. The van der Waals surface area contributed by atoms with E-state index in [4.69, 9.17) is 0 Å². The van der Waals surface area contributed by atoms with Gasteiger partial charge in [-0.1, -0.05) is 0 Å². The highest BCUT2D eigenvalue weighted by atomic mass is 19.1. The Hall–Kier alpha value is -1.53. The molecule has 0 saturated carbocycles. The fraction of sp³-hybridized carbons (Fsp3) is 0.417. The second-order valence-electron chi connectivity index (χ2n) is 4.43. The molecule has 98 valence electrons. The number of rotatable bonds is 1. The van der Waals surface area contributed by atoms with Crippen LogP contribution >= 0.6 is 0 Å². The maximum absolute atomic E-state index is 13.5. The molecule has 0 spiro atoms. The van der Waals surface area contributed by atoms with E-state index in [9.17, 15) is 23.8 Å². The number of benzene rings is 1. The molecule has 4 nitrogen and oxygen atoms in total. The number of carbonyl (C=O) groups excluding carboxylic acids is 1. The van der Waals surface area contributed by atoms with Gasteiger partial charge >= 0.3 is 0 Å². The summed E-state index contributed by atoms with van der Waals surface area (Å²) < 4.78 is 26.6. The summed E-state index contributed by atoms with van der Waals surface area (Å²) in [5.41, 5.74) is -0.0877. The predicted octanol–water partition coefficient (Wildman–Crippen LogP) is 0.451. The van der Waals surface area contributed by atoms with E-state index < -0.39 is 29.7 Å². The number of carbonyl (C=O) groups is 1. The summed E-state index contributed by atoms with van der Waals surface area (Å²) >= 11 is 0. The number of aliphatic hydroxyl groups is 2. The summed E-state index contributed by atoms with van der Waals surface area (Å²) in [7, 11) is 0. The zero-order valence-electron chi connectivity index (χ0n) is 9.73. The number of aliphatic hydroxyl groups excluding tert-OH is 2. The standard InChI is InChI=1S/C12H13F2NO3/c1-6-2-7(9(14)3-8(6)13)12(18)15-4-10(16)11(17)5-15/h2-3,10-11,16-17H,4-5H2,1H3. The molecule has 0 aliphatic carbocycles. The normalized spacial score (nSPS) is 23.5. The van der Waals surface area contributed by atoms with Crippen molar-refractivity contribution in [2.75, 3.05) is 13.1 Å². The quantitative estimate of drug-likeness (QED) is 0.768. The van der Waals surface area contributed by atoms with Crippen molar-refractivity contribution in [2.24, 2.45) is 0 Å². The van der Waals surface area contributed by atoms with Gasteiger partial charge in [-0.05, 0) is 18.6 Å². The highest BCUT2D eigenvalue weighted by molar-refractivity contribution is 5.95. The molecule has 0 radical (unpaired) electrons. The number of aryl methyl sites for hydroxylation is 1. The maximum Gasteiger partial charge on any atom is 0.257 e. The highest BCUT2D eigenvalue weighted by Crippen LogP contribution is 2.19. The number of halogens is 2. The lowest BCUT2D eigenvalue weighted by Gasteiger charge is -2.16. The van der Waals surface area contributed by atoms with Crippen molar-refractivity contribution in [2.45, 2.75) is 19.1 Å². The van der Waals surface area contributed by atoms with Crippen LogP contribution in [0.25, 0.3) is 0 Å². The van der Waals surface area contributed by atoms with Gasteiger partial charge in [-0.3, -0.25) is 4.79 Å². The largest absolute Gasteiger partial charge is 0.388 e. The zero-order chi connectivity index (χ0) is 13.4. The summed E-state index contributed by atoms with van der Waals surface area (Å²) in [4.78, 5) is 13.1. The number of nitrogens with zero attached hydrogens (tertiary/aromatic N) is 1. The average molecular weight is 257 g/mol. The first kappa shape index (κ1) is 12.9. The third-order valence-corrected chi connectivity index (χ3v) is 3.02. The molecule has 1 aromatic rings. The van der Waals surface area contributed by atoms with Crippen molar-refractivity contribution in [1.82, 2.24) is 4.90 Å². The van der Waals surface area contributed by atoms with Crippen molar-refractivity contribution in [1.29, 1.82) is 0 Å². The van der Waals surface area contributed by atoms with Gasteiger partial charge in [0.1, 0.15) is 11.6 Å². The molecule has 1 heterocycles. The summed E-state index contributed by atoms with van der Waals surface area (Å²) in [6, 6.07) is 1.79. The van der Waals surface area contributed by atoms with Gasteiger partial charge in [-0.15, -0.1) is 0 Å². The van der Waals surface area contributed by atoms with Crippen molar-refractivity contribution in [3.05, 3.63) is 34.9 Å². The first-order chi connectivity index (χ1) is 8.40. The number of β-amino-alcohol motifs (C(OH)–C–C–N with tert-alkyl or cyclic N) is 2. The Balaban J connectivity index is 2.27. The Kier molecular flexibility index (Phi) is 3.32. The third-order valence-electron chi connectivity index (χ3n) is 3.02. The summed E-state index contributed by atoms with van der Waals surface area (Å²) in [6.45, 7) is 1.31. The minimum atomic E-state index is -1.03.